The third kappa shape index (κ3) is 4.54. The van der Waals surface area contributed by atoms with E-state index in [0.717, 1.165) is 39.7 Å². The average Bonchev–Trinajstić information content (AvgIpc) is 3.00. The number of carbonyl (C=O) groups is 1. The summed E-state index contributed by atoms with van der Waals surface area (Å²) in [6.07, 6.45) is 0. The van der Waals surface area contributed by atoms with Crippen molar-refractivity contribution in [3.05, 3.63) is 77.4 Å². The zero-order valence-electron chi connectivity index (χ0n) is 20.5. The summed E-state index contributed by atoms with van der Waals surface area (Å²) in [5.41, 5.74) is 4.71. The smallest absolute Gasteiger partial charge is 0.322 e. The number of urea groups is 1. The van der Waals surface area contributed by atoms with E-state index in [2.05, 4.69) is 36.2 Å². The van der Waals surface area contributed by atoms with E-state index in [0.29, 0.717) is 31.1 Å². The number of fused-ring (bicyclic) bond motifs is 2. The number of rotatable bonds is 2. The predicted octanol–water partition coefficient (Wildman–Crippen LogP) is 5.73. The van der Waals surface area contributed by atoms with Crippen molar-refractivity contribution in [3.8, 4) is 17.2 Å². The molecular formula is C28H30N4O3. The maximum atomic E-state index is 13.1. The molecule has 0 aliphatic carbocycles. The van der Waals surface area contributed by atoms with Gasteiger partial charge < -0.3 is 24.6 Å². The van der Waals surface area contributed by atoms with Crippen LogP contribution in [0.2, 0.25) is 0 Å². The first-order valence-electron chi connectivity index (χ1n) is 11.9. The number of benzene rings is 3. The maximum Gasteiger partial charge on any atom is 0.322 e. The van der Waals surface area contributed by atoms with Gasteiger partial charge in [0.1, 0.15) is 23.0 Å². The van der Waals surface area contributed by atoms with E-state index in [1.54, 1.807) is 7.11 Å². The lowest BCUT2D eigenvalue weighted by molar-refractivity contribution is 0.144. The molecule has 0 aromatic heterocycles. The molecule has 2 amide bonds. The van der Waals surface area contributed by atoms with Gasteiger partial charge in [0.05, 0.1) is 18.4 Å². The van der Waals surface area contributed by atoms with Crippen molar-refractivity contribution >= 4 is 23.2 Å². The summed E-state index contributed by atoms with van der Waals surface area (Å²) < 4.78 is 11.7. The Morgan fingerprint density at radius 2 is 1.80 bits per heavy atom. The second kappa shape index (κ2) is 9.33. The lowest BCUT2D eigenvalue weighted by atomic mass is 10.1. The van der Waals surface area contributed by atoms with Crippen molar-refractivity contribution in [2.45, 2.75) is 26.8 Å². The van der Waals surface area contributed by atoms with Crippen molar-refractivity contribution in [2.24, 2.45) is 4.99 Å². The molecule has 180 valence electrons. The summed E-state index contributed by atoms with van der Waals surface area (Å²) in [5, 5.41) is 3.00. The lowest BCUT2D eigenvalue weighted by Crippen LogP contribution is -2.56. The van der Waals surface area contributed by atoms with Gasteiger partial charge in [0.15, 0.2) is 5.75 Å². The van der Waals surface area contributed by atoms with E-state index in [1.807, 2.05) is 60.4 Å². The summed E-state index contributed by atoms with van der Waals surface area (Å²) in [6, 6.07) is 19.6. The fourth-order valence-corrected chi connectivity index (χ4v) is 4.62. The summed E-state index contributed by atoms with van der Waals surface area (Å²) in [4.78, 5) is 22.3. The SMILES string of the molecule is COc1ccccc1NC(=O)N1CCN(C2=Nc3ccc(C)cc3Oc3ccc(C)cc32)C[C@H]1C. The van der Waals surface area contributed by atoms with Gasteiger partial charge in [0.25, 0.3) is 0 Å². The highest BCUT2D eigenvalue weighted by Crippen LogP contribution is 2.39. The van der Waals surface area contributed by atoms with Crippen LogP contribution in [0.5, 0.6) is 17.2 Å². The number of amides is 2. The molecule has 3 aromatic rings. The number of nitrogens with one attached hydrogen (secondary N) is 1. The third-order valence-corrected chi connectivity index (χ3v) is 6.47. The van der Waals surface area contributed by atoms with Gasteiger partial charge in [-0.15, -0.1) is 0 Å². The number of anilines is 1. The molecule has 2 aliphatic heterocycles. The van der Waals surface area contributed by atoms with Crippen LogP contribution in [0.15, 0.2) is 65.7 Å². The Labute approximate surface area is 206 Å². The molecule has 0 saturated carbocycles. The van der Waals surface area contributed by atoms with Crippen LogP contribution in [0.1, 0.15) is 23.6 Å². The monoisotopic (exact) mass is 470 g/mol. The number of para-hydroxylation sites is 2. The number of aliphatic imine (C=N–C) groups is 1. The maximum absolute atomic E-state index is 13.1. The minimum absolute atomic E-state index is 0.0175. The number of carbonyl (C=O) groups excluding carboxylic acids is 1. The van der Waals surface area contributed by atoms with Gasteiger partial charge in [-0.1, -0.05) is 29.8 Å². The van der Waals surface area contributed by atoms with Crippen molar-refractivity contribution < 1.29 is 14.3 Å². The Morgan fingerprint density at radius 3 is 2.60 bits per heavy atom. The second-order valence-corrected chi connectivity index (χ2v) is 9.13. The Balaban J connectivity index is 1.41. The molecule has 7 heteroatoms. The summed E-state index contributed by atoms with van der Waals surface area (Å²) in [5.74, 6) is 3.07. The zero-order valence-corrected chi connectivity index (χ0v) is 20.5. The van der Waals surface area contributed by atoms with Crippen molar-refractivity contribution in [2.75, 3.05) is 32.1 Å². The van der Waals surface area contributed by atoms with E-state index in [4.69, 9.17) is 14.5 Å². The summed E-state index contributed by atoms with van der Waals surface area (Å²) in [7, 11) is 1.60. The Morgan fingerprint density at radius 1 is 1.03 bits per heavy atom. The highest BCUT2D eigenvalue weighted by Gasteiger charge is 2.32. The fraction of sp³-hybridized carbons (Fsp3) is 0.286. The molecule has 0 spiro atoms. The van der Waals surface area contributed by atoms with Gasteiger partial charge in [-0.2, -0.15) is 0 Å². The van der Waals surface area contributed by atoms with E-state index < -0.39 is 0 Å². The molecule has 7 nitrogen and oxygen atoms in total. The highest BCUT2D eigenvalue weighted by molar-refractivity contribution is 6.04. The third-order valence-electron chi connectivity index (χ3n) is 6.47. The van der Waals surface area contributed by atoms with Crippen LogP contribution >= 0.6 is 0 Å². The van der Waals surface area contributed by atoms with Crippen molar-refractivity contribution in [1.29, 1.82) is 0 Å². The van der Waals surface area contributed by atoms with Crippen LogP contribution in [-0.2, 0) is 0 Å². The standard InChI is InChI=1S/C28H30N4O3/c1-18-10-12-24-21(15-18)27(29-23-11-9-19(2)16-26(23)35-24)31-13-14-32(20(3)17-31)28(33)30-22-7-5-6-8-25(22)34-4/h5-12,15-16,20H,13-14,17H2,1-4H3,(H,30,33)/t20-/m1/s1. The average molecular weight is 471 g/mol. The van der Waals surface area contributed by atoms with Crippen LogP contribution in [0, 0.1) is 13.8 Å². The Kier molecular flexibility index (Phi) is 6.07. The molecule has 2 aliphatic rings. The minimum Gasteiger partial charge on any atom is -0.495 e. The quantitative estimate of drug-likeness (QED) is 0.519. The van der Waals surface area contributed by atoms with Gasteiger partial charge in [-0.05, 0) is 62.7 Å². The Bertz CT molecular complexity index is 1300. The predicted molar refractivity (Wildman–Crippen MR) is 138 cm³/mol. The first kappa shape index (κ1) is 22.8. The van der Waals surface area contributed by atoms with Crippen LogP contribution in [-0.4, -0.2) is 54.5 Å². The highest BCUT2D eigenvalue weighted by atomic mass is 16.5. The molecule has 2 heterocycles. The van der Waals surface area contributed by atoms with Crippen LogP contribution in [0.4, 0.5) is 16.2 Å². The molecule has 1 fully saturated rings. The molecule has 1 N–H and O–H groups in total. The van der Waals surface area contributed by atoms with Gasteiger partial charge in [-0.3, -0.25) is 0 Å². The first-order chi connectivity index (χ1) is 16.9. The zero-order chi connectivity index (χ0) is 24.5. The molecule has 0 unspecified atom stereocenters. The number of hydrogen-bond acceptors (Lipinski definition) is 5. The molecule has 1 saturated heterocycles. The Hall–Kier alpha value is -4.00. The normalized spacial score (nSPS) is 16.9. The number of aryl methyl sites for hydroxylation is 2. The largest absolute Gasteiger partial charge is 0.495 e. The molecular weight excluding hydrogens is 440 g/mol. The number of piperazine rings is 1. The van der Waals surface area contributed by atoms with Crippen LogP contribution in [0.3, 0.4) is 0 Å². The summed E-state index contributed by atoms with van der Waals surface area (Å²) in [6.45, 7) is 8.08. The van der Waals surface area contributed by atoms with E-state index in [-0.39, 0.29) is 12.1 Å². The van der Waals surface area contributed by atoms with Gasteiger partial charge >= 0.3 is 6.03 Å². The fourth-order valence-electron chi connectivity index (χ4n) is 4.62. The van der Waals surface area contributed by atoms with E-state index in [9.17, 15) is 4.79 Å². The minimum atomic E-state index is -0.134. The number of nitrogens with zero attached hydrogens (tertiary/aromatic N) is 3. The van der Waals surface area contributed by atoms with Gasteiger partial charge in [-0.25, -0.2) is 9.79 Å². The van der Waals surface area contributed by atoms with E-state index in [1.165, 1.54) is 0 Å². The molecule has 0 radical (unpaired) electrons. The van der Waals surface area contributed by atoms with Crippen LogP contribution in [0.25, 0.3) is 0 Å². The number of methoxy groups -OCH3 is 1. The van der Waals surface area contributed by atoms with Crippen molar-refractivity contribution in [3.63, 3.8) is 0 Å². The topological polar surface area (TPSA) is 66.4 Å². The molecule has 5 rings (SSSR count). The molecule has 3 aromatic carbocycles. The van der Waals surface area contributed by atoms with Gasteiger partial charge in [0, 0.05) is 25.7 Å². The first-order valence-corrected chi connectivity index (χ1v) is 11.9. The molecule has 35 heavy (non-hydrogen) atoms. The van der Waals surface area contributed by atoms with Gasteiger partial charge in [0.2, 0.25) is 0 Å². The number of hydrogen-bond donors (Lipinski definition) is 1. The number of ether oxygens (including phenoxy) is 2. The number of amidine groups is 1. The lowest BCUT2D eigenvalue weighted by Gasteiger charge is -2.41. The van der Waals surface area contributed by atoms with Crippen LogP contribution < -0.4 is 14.8 Å². The molecule has 0 bridgehead atoms. The van der Waals surface area contributed by atoms with E-state index >= 15 is 0 Å². The van der Waals surface area contributed by atoms with Crippen molar-refractivity contribution in [1.82, 2.24) is 9.80 Å². The second-order valence-electron chi connectivity index (χ2n) is 9.13. The molecule has 1 atom stereocenters. The summed E-state index contributed by atoms with van der Waals surface area (Å²) >= 11 is 0.